The molecule has 0 saturated carbocycles. The number of fused-ring (bicyclic) bond motifs is 1. The van der Waals surface area contributed by atoms with E-state index in [0.29, 0.717) is 11.8 Å². The second kappa shape index (κ2) is 5.45. The van der Waals surface area contributed by atoms with Gasteiger partial charge in [0.1, 0.15) is 5.15 Å². The molecule has 3 rings (SSSR count). The molecule has 3 heterocycles. The molecule has 2 aromatic heterocycles. The maximum absolute atomic E-state index is 6.26. The summed E-state index contributed by atoms with van der Waals surface area (Å²) in [5.41, 5.74) is 2.00. The number of rotatable bonds is 3. The summed E-state index contributed by atoms with van der Waals surface area (Å²) < 4.78 is 7.13. The number of ether oxygens (including phenoxy) is 1. The van der Waals surface area contributed by atoms with Crippen LogP contribution in [0.15, 0.2) is 12.1 Å². The van der Waals surface area contributed by atoms with Crippen molar-refractivity contribution in [2.24, 2.45) is 0 Å². The van der Waals surface area contributed by atoms with Crippen molar-refractivity contribution in [3.8, 4) is 0 Å². The molecule has 2 aromatic rings. The fourth-order valence-electron chi connectivity index (χ4n) is 2.32. The topological polar surface area (TPSA) is 51.5 Å². The fourth-order valence-corrected chi connectivity index (χ4v) is 2.59. The van der Waals surface area contributed by atoms with Crippen molar-refractivity contribution in [3.63, 3.8) is 0 Å². The van der Waals surface area contributed by atoms with E-state index >= 15 is 0 Å². The van der Waals surface area contributed by atoms with Crippen LogP contribution in [0, 0.1) is 0 Å². The van der Waals surface area contributed by atoms with Gasteiger partial charge in [-0.15, -0.1) is 5.10 Å². The minimum absolute atomic E-state index is 0.0549. The predicted octanol–water partition coefficient (Wildman–Crippen LogP) is 2.00. The van der Waals surface area contributed by atoms with Crippen molar-refractivity contribution in [3.05, 3.63) is 28.7 Å². The molecule has 1 aliphatic rings. The lowest BCUT2D eigenvalue weighted by Gasteiger charge is -2.20. The summed E-state index contributed by atoms with van der Waals surface area (Å²) in [5, 5.41) is 8.43. The number of halogens is 1. The van der Waals surface area contributed by atoms with Crippen LogP contribution in [0.2, 0.25) is 5.15 Å². The molecular weight excluding hydrogens is 264 g/mol. The van der Waals surface area contributed by atoms with Crippen LogP contribution in [0.25, 0.3) is 5.65 Å². The predicted molar refractivity (Wildman–Crippen MR) is 73.6 cm³/mol. The number of pyridine rings is 1. The fraction of sp³-hybridized carbons (Fsp3) is 0.538. The molecule has 0 aromatic carbocycles. The normalized spacial score (nSPS) is 20.0. The van der Waals surface area contributed by atoms with Crippen LogP contribution in [0.4, 0.5) is 0 Å². The van der Waals surface area contributed by atoms with Crippen LogP contribution in [0.3, 0.4) is 0 Å². The zero-order chi connectivity index (χ0) is 13.2. The van der Waals surface area contributed by atoms with Crippen LogP contribution in [0.5, 0.6) is 0 Å². The summed E-state index contributed by atoms with van der Waals surface area (Å²) in [4.78, 5) is 4.57. The Morgan fingerprint density at radius 3 is 3.16 bits per heavy atom. The molecule has 1 fully saturated rings. The zero-order valence-corrected chi connectivity index (χ0v) is 11.7. The van der Waals surface area contributed by atoms with Crippen molar-refractivity contribution < 1.29 is 4.74 Å². The molecule has 1 atom stereocenters. The number of hydrogen-bond acceptors (Lipinski definition) is 4. The second-order valence-corrected chi connectivity index (χ2v) is 5.15. The summed E-state index contributed by atoms with van der Waals surface area (Å²) in [5.74, 6) is 0.746. The van der Waals surface area contributed by atoms with Crippen LogP contribution >= 0.6 is 11.6 Å². The summed E-state index contributed by atoms with van der Waals surface area (Å²) in [6.07, 6.45) is 2.09. The van der Waals surface area contributed by atoms with Crippen LogP contribution in [0.1, 0.15) is 30.8 Å². The Balaban J connectivity index is 1.97. The Morgan fingerprint density at radius 2 is 2.42 bits per heavy atom. The molecule has 0 aliphatic carbocycles. The Kier molecular flexibility index (Phi) is 3.68. The number of morpholine rings is 1. The van der Waals surface area contributed by atoms with Crippen LogP contribution in [-0.4, -0.2) is 34.4 Å². The van der Waals surface area contributed by atoms with Gasteiger partial charge in [0.05, 0.1) is 19.3 Å². The highest BCUT2D eigenvalue weighted by molar-refractivity contribution is 6.29. The standard InChI is InChI=1S/C13H17ClN4O/c1-2-3-9-6-11(14)18-12(7-9)16-13(17-18)10-8-19-5-4-15-10/h6-7,10,15H,2-5,8H2,1H3. The van der Waals surface area contributed by atoms with Gasteiger partial charge >= 0.3 is 0 Å². The van der Waals surface area contributed by atoms with Crippen LogP contribution in [-0.2, 0) is 11.2 Å². The minimum Gasteiger partial charge on any atom is -0.378 e. The van der Waals surface area contributed by atoms with Gasteiger partial charge in [-0.2, -0.15) is 0 Å². The monoisotopic (exact) mass is 280 g/mol. The number of aromatic nitrogens is 3. The molecule has 1 N–H and O–H groups in total. The number of aryl methyl sites for hydroxylation is 1. The lowest BCUT2D eigenvalue weighted by atomic mass is 10.1. The molecule has 5 nitrogen and oxygen atoms in total. The van der Waals surface area contributed by atoms with Gasteiger partial charge in [-0.3, -0.25) is 0 Å². The van der Waals surface area contributed by atoms with E-state index in [1.807, 2.05) is 6.07 Å². The third kappa shape index (κ3) is 2.59. The highest BCUT2D eigenvalue weighted by Crippen LogP contribution is 2.19. The number of nitrogens with zero attached hydrogens (tertiary/aromatic N) is 3. The van der Waals surface area contributed by atoms with Crippen LogP contribution < -0.4 is 5.32 Å². The molecule has 0 radical (unpaired) electrons. The molecule has 102 valence electrons. The van der Waals surface area contributed by atoms with E-state index in [1.54, 1.807) is 4.52 Å². The molecule has 0 amide bonds. The van der Waals surface area contributed by atoms with E-state index in [9.17, 15) is 0 Å². The summed E-state index contributed by atoms with van der Waals surface area (Å²) in [7, 11) is 0. The van der Waals surface area contributed by atoms with Gasteiger partial charge in [0.2, 0.25) is 0 Å². The Hall–Kier alpha value is -1.17. The van der Waals surface area contributed by atoms with E-state index in [4.69, 9.17) is 16.3 Å². The van der Waals surface area contributed by atoms with Crippen molar-refractivity contribution in [2.75, 3.05) is 19.8 Å². The quantitative estimate of drug-likeness (QED) is 0.874. The smallest absolute Gasteiger partial charge is 0.171 e. The first-order chi connectivity index (χ1) is 9.28. The van der Waals surface area contributed by atoms with E-state index in [1.165, 1.54) is 5.56 Å². The van der Waals surface area contributed by atoms with E-state index in [-0.39, 0.29) is 6.04 Å². The highest BCUT2D eigenvalue weighted by atomic mass is 35.5. The number of hydrogen-bond donors (Lipinski definition) is 1. The SMILES string of the molecule is CCCc1cc(Cl)n2nc(C3COCCN3)nc2c1. The van der Waals surface area contributed by atoms with E-state index < -0.39 is 0 Å². The summed E-state index contributed by atoms with van der Waals surface area (Å²) in [6.45, 7) is 4.33. The summed E-state index contributed by atoms with van der Waals surface area (Å²) in [6, 6.07) is 4.07. The lowest BCUT2D eigenvalue weighted by molar-refractivity contribution is 0.0743. The van der Waals surface area contributed by atoms with Gasteiger partial charge in [0.15, 0.2) is 11.5 Å². The van der Waals surface area contributed by atoms with Crippen molar-refractivity contribution >= 4 is 17.2 Å². The average Bonchev–Trinajstić information content (AvgIpc) is 2.85. The summed E-state index contributed by atoms with van der Waals surface area (Å²) >= 11 is 6.26. The van der Waals surface area contributed by atoms with Gasteiger partial charge < -0.3 is 10.1 Å². The second-order valence-electron chi connectivity index (χ2n) is 4.76. The lowest BCUT2D eigenvalue weighted by Crippen LogP contribution is -2.35. The maximum Gasteiger partial charge on any atom is 0.171 e. The molecule has 0 bridgehead atoms. The largest absolute Gasteiger partial charge is 0.378 e. The first-order valence-corrected chi connectivity index (χ1v) is 7.02. The number of nitrogens with one attached hydrogen (secondary N) is 1. The van der Waals surface area contributed by atoms with Gasteiger partial charge in [0.25, 0.3) is 0 Å². The Labute approximate surface area is 116 Å². The zero-order valence-electron chi connectivity index (χ0n) is 10.9. The highest BCUT2D eigenvalue weighted by Gasteiger charge is 2.20. The van der Waals surface area contributed by atoms with E-state index in [2.05, 4.69) is 28.4 Å². The molecule has 0 spiro atoms. The van der Waals surface area contributed by atoms with Crippen molar-refractivity contribution in [1.29, 1.82) is 0 Å². The van der Waals surface area contributed by atoms with Gasteiger partial charge in [-0.05, 0) is 24.1 Å². The van der Waals surface area contributed by atoms with Crippen molar-refractivity contribution in [1.82, 2.24) is 19.9 Å². The molecule has 19 heavy (non-hydrogen) atoms. The van der Waals surface area contributed by atoms with E-state index in [0.717, 1.165) is 37.5 Å². The third-order valence-corrected chi connectivity index (χ3v) is 3.51. The third-order valence-electron chi connectivity index (χ3n) is 3.24. The maximum atomic E-state index is 6.26. The Bertz CT molecular complexity index is 577. The minimum atomic E-state index is 0.0549. The molecule has 6 heteroatoms. The first kappa shape index (κ1) is 12.8. The molecule has 1 unspecified atom stereocenters. The van der Waals surface area contributed by atoms with Gasteiger partial charge in [0, 0.05) is 6.54 Å². The van der Waals surface area contributed by atoms with Crippen molar-refractivity contribution in [2.45, 2.75) is 25.8 Å². The first-order valence-electron chi connectivity index (χ1n) is 6.64. The molecule has 1 aliphatic heterocycles. The van der Waals surface area contributed by atoms with Gasteiger partial charge in [-0.25, -0.2) is 9.50 Å². The molecular formula is C13H17ClN4O. The molecule has 1 saturated heterocycles. The Morgan fingerprint density at radius 1 is 1.53 bits per heavy atom. The average molecular weight is 281 g/mol. The van der Waals surface area contributed by atoms with Gasteiger partial charge in [-0.1, -0.05) is 24.9 Å².